The highest BCUT2D eigenvalue weighted by atomic mass is 16.4. The molecule has 0 amide bonds. The van der Waals surface area contributed by atoms with Crippen molar-refractivity contribution in [3.8, 4) is 0 Å². The molecule has 0 saturated carbocycles. The molecular weight excluding hydrogens is 172 g/mol. The Balaban J connectivity index is 3.87. The summed E-state index contributed by atoms with van der Waals surface area (Å²) in [6.07, 6.45) is 2.83. The molecule has 0 aliphatic rings. The molecule has 0 heterocycles. The van der Waals surface area contributed by atoms with Gasteiger partial charge in [0.2, 0.25) is 0 Å². The average molecular weight is 188 g/mol. The van der Waals surface area contributed by atoms with Crippen LogP contribution in [0.2, 0.25) is 0 Å². The van der Waals surface area contributed by atoms with E-state index in [-0.39, 0.29) is 0 Å². The average Bonchev–Trinajstić information content (AvgIpc) is 2.11. The third kappa shape index (κ3) is 4.45. The zero-order chi connectivity index (χ0) is 10.3. The first-order valence-corrected chi connectivity index (χ1v) is 4.46. The van der Waals surface area contributed by atoms with E-state index in [2.05, 4.69) is 5.29 Å². The molecule has 0 spiro atoms. The van der Waals surface area contributed by atoms with Crippen LogP contribution < -0.4 is 0 Å². The monoisotopic (exact) mass is 188 g/mol. The van der Waals surface area contributed by atoms with Crippen LogP contribution in [0.3, 0.4) is 0 Å². The van der Waals surface area contributed by atoms with E-state index in [0.717, 1.165) is 24.3 Å². The van der Waals surface area contributed by atoms with E-state index in [1.165, 1.54) is 6.92 Å². The normalized spacial score (nSPS) is 12.2. The van der Waals surface area contributed by atoms with Crippen LogP contribution in [0.1, 0.15) is 33.1 Å². The first kappa shape index (κ1) is 11.9. The van der Waals surface area contributed by atoms with Gasteiger partial charge in [-0.1, -0.05) is 19.8 Å². The minimum absolute atomic E-state index is 0.421. The Morgan fingerprint density at radius 1 is 1.54 bits per heavy atom. The maximum absolute atomic E-state index is 10.5. The van der Waals surface area contributed by atoms with Crippen LogP contribution in [-0.4, -0.2) is 28.7 Å². The summed E-state index contributed by atoms with van der Waals surface area (Å²) in [6, 6.07) is -0.825. The summed E-state index contributed by atoms with van der Waals surface area (Å²) in [6.45, 7) is 3.92. The summed E-state index contributed by atoms with van der Waals surface area (Å²) >= 11 is 0. The van der Waals surface area contributed by atoms with Crippen LogP contribution in [0.5, 0.6) is 0 Å². The van der Waals surface area contributed by atoms with E-state index >= 15 is 0 Å². The number of carbonyl (C=O) groups is 1. The van der Waals surface area contributed by atoms with Crippen molar-refractivity contribution in [3.63, 3.8) is 0 Å². The maximum atomic E-state index is 10.5. The van der Waals surface area contributed by atoms with Crippen molar-refractivity contribution in [2.24, 2.45) is 5.29 Å². The fourth-order valence-corrected chi connectivity index (χ4v) is 0.956. The van der Waals surface area contributed by atoms with Crippen molar-refractivity contribution in [1.82, 2.24) is 5.01 Å². The van der Waals surface area contributed by atoms with Crippen molar-refractivity contribution in [2.45, 2.75) is 39.2 Å². The summed E-state index contributed by atoms with van der Waals surface area (Å²) in [7, 11) is 0. The number of rotatable bonds is 7. The molecule has 0 aliphatic heterocycles. The molecule has 0 rings (SSSR count). The number of aliphatic carboxylic acids is 1. The lowest BCUT2D eigenvalue weighted by Gasteiger charge is -2.18. The second-order valence-electron chi connectivity index (χ2n) is 2.97. The van der Waals surface area contributed by atoms with Crippen molar-refractivity contribution in [3.05, 3.63) is 4.91 Å². The van der Waals surface area contributed by atoms with E-state index in [1.807, 2.05) is 6.92 Å². The fourth-order valence-electron chi connectivity index (χ4n) is 0.956. The SMILES string of the molecule is CCCCCN(N=O)C(C)C(=O)O. The lowest BCUT2D eigenvalue weighted by atomic mass is 10.2. The molecular formula is C8H16N2O3. The first-order chi connectivity index (χ1) is 6.13. The molecule has 0 aromatic rings. The molecule has 1 N–H and O–H groups in total. The van der Waals surface area contributed by atoms with Gasteiger partial charge < -0.3 is 5.11 Å². The van der Waals surface area contributed by atoms with Crippen LogP contribution >= 0.6 is 0 Å². The molecule has 5 nitrogen and oxygen atoms in total. The van der Waals surface area contributed by atoms with Crippen LogP contribution in [0, 0.1) is 4.91 Å². The van der Waals surface area contributed by atoms with Gasteiger partial charge in [-0.2, -0.15) is 0 Å². The Bertz CT molecular complexity index is 173. The fraction of sp³-hybridized carbons (Fsp3) is 0.875. The largest absolute Gasteiger partial charge is 0.480 e. The first-order valence-electron chi connectivity index (χ1n) is 4.46. The Hall–Kier alpha value is -1.13. The van der Waals surface area contributed by atoms with E-state index in [9.17, 15) is 9.70 Å². The highest BCUT2D eigenvalue weighted by Crippen LogP contribution is 2.04. The Morgan fingerprint density at radius 2 is 2.15 bits per heavy atom. The van der Waals surface area contributed by atoms with E-state index < -0.39 is 12.0 Å². The number of carboxylic acids is 1. The molecule has 13 heavy (non-hydrogen) atoms. The molecule has 76 valence electrons. The standard InChI is InChI=1S/C8H16N2O3/c1-3-4-5-6-10(9-13)7(2)8(11)12/h7H,3-6H2,1-2H3,(H,11,12). The van der Waals surface area contributed by atoms with Crippen LogP contribution in [0.4, 0.5) is 0 Å². The van der Waals surface area contributed by atoms with E-state index in [4.69, 9.17) is 5.11 Å². The van der Waals surface area contributed by atoms with Gasteiger partial charge in [0.15, 0.2) is 0 Å². The van der Waals surface area contributed by atoms with Gasteiger partial charge in [0.1, 0.15) is 6.04 Å². The zero-order valence-corrected chi connectivity index (χ0v) is 8.06. The predicted molar refractivity (Wildman–Crippen MR) is 49.1 cm³/mol. The van der Waals surface area contributed by atoms with Gasteiger partial charge in [0.25, 0.3) is 0 Å². The van der Waals surface area contributed by atoms with Crippen LogP contribution in [0.15, 0.2) is 5.29 Å². The molecule has 0 aromatic carbocycles. The highest BCUT2D eigenvalue weighted by molar-refractivity contribution is 5.72. The van der Waals surface area contributed by atoms with E-state index in [1.54, 1.807) is 0 Å². The van der Waals surface area contributed by atoms with Crippen molar-refractivity contribution < 1.29 is 9.90 Å². The summed E-state index contributed by atoms with van der Waals surface area (Å²) in [5.74, 6) is -1.02. The lowest BCUT2D eigenvalue weighted by Crippen LogP contribution is -2.35. The molecule has 5 heteroatoms. The summed E-state index contributed by atoms with van der Waals surface area (Å²) in [5, 5.41) is 12.4. The number of nitrogens with zero attached hydrogens (tertiary/aromatic N) is 2. The molecule has 0 aromatic heterocycles. The molecule has 0 saturated heterocycles. The summed E-state index contributed by atoms with van der Waals surface area (Å²) in [4.78, 5) is 20.7. The van der Waals surface area contributed by atoms with Gasteiger partial charge in [-0.25, -0.2) is 9.80 Å². The van der Waals surface area contributed by atoms with Gasteiger partial charge >= 0.3 is 5.97 Å². The zero-order valence-electron chi connectivity index (χ0n) is 8.06. The topological polar surface area (TPSA) is 70.0 Å². The summed E-state index contributed by atoms with van der Waals surface area (Å²) in [5.41, 5.74) is 0. The molecule has 0 aliphatic carbocycles. The highest BCUT2D eigenvalue weighted by Gasteiger charge is 2.19. The van der Waals surface area contributed by atoms with Crippen LogP contribution in [-0.2, 0) is 4.79 Å². The van der Waals surface area contributed by atoms with Gasteiger partial charge in [0.05, 0.1) is 5.29 Å². The minimum atomic E-state index is -1.02. The predicted octanol–water partition coefficient (Wildman–Crippen LogP) is 1.63. The molecule has 1 atom stereocenters. The van der Waals surface area contributed by atoms with Crippen molar-refractivity contribution >= 4 is 5.97 Å². The van der Waals surface area contributed by atoms with Crippen molar-refractivity contribution in [1.29, 1.82) is 0 Å². The van der Waals surface area contributed by atoms with Gasteiger partial charge in [-0.05, 0) is 13.3 Å². The molecule has 0 fully saturated rings. The summed E-state index contributed by atoms with van der Waals surface area (Å²) < 4.78 is 0. The number of carboxylic acid groups (broad SMARTS) is 1. The Labute approximate surface area is 77.7 Å². The third-order valence-electron chi connectivity index (χ3n) is 1.90. The second kappa shape index (κ2) is 6.39. The van der Waals surface area contributed by atoms with Crippen molar-refractivity contribution in [2.75, 3.05) is 6.54 Å². The van der Waals surface area contributed by atoms with Crippen LogP contribution in [0.25, 0.3) is 0 Å². The lowest BCUT2D eigenvalue weighted by molar-refractivity contribution is -0.142. The molecule has 1 unspecified atom stereocenters. The molecule has 0 radical (unpaired) electrons. The third-order valence-corrected chi connectivity index (χ3v) is 1.90. The number of hydrogen-bond donors (Lipinski definition) is 1. The molecule has 0 bridgehead atoms. The van der Waals surface area contributed by atoms with Gasteiger partial charge in [0, 0.05) is 6.54 Å². The number of nitroso groups, excluding NO2 is 1. The second-order valence-corrected chi connectivity index (χ2v) is 2.97. The number of hydrogen-bond acceptors (Lipinski definition) is 3. The smallest absolute Gasteiger partial charge is 0.327 e. The van der Waals surface area contributed by atoms with Gasteiger partial charge in [-0.15, -0.1) is 4.91 Å². The minimum Gasteiger partial charge on any atom is -0.480 e. The number of unbranched alkanes of at least 4 members (excludes halogenated alkanes) is 2. The Kier molecular flexibility index (Phi) is 5.84. The van der Waals surface area contributed by atoms with E-state index in [0.29, 0.717) is 6.54 Å². The Morgan fingerprint density at radius 3 is 2.54 bits per heavy atom. The quantitative estimate of drug-likeness (QED) is 0.374. The maximum Gasteiger partial charge on any atom is 0.327 e. The van der Waals surface area contributed by atoms with Gasteiger partial charge in [-0.3, -0.25) is 0 Å².